The number of primary amides is 2. The third-order valence-electron chi connectivity index (χ3n) is 22.7. The summed E-state index contributed by atoms with van der Waals surface area (Å²) in [6.45, 7) is 8.61. The molecular weight excluding hydrogens is 1840 g/mol. The number of aliphatic hydroxyl groups is 1. The van der Waals surface area contributed by atoms with Gasteiger partial charge in [0.05, 0.1) is 31.4 Å². The molecule has 2 aliphatic heterocycles. The molecule has 139 heavy (non-hydrogen) atoms. The fourth-order valence-corrected chi connectivity index (χ4v) is 16.6. The van der Waals surface area contributed by atoms with E-state index >= 15 is 0 Å². The predicted molar refractivity (Wildman–Crippen MR) is 514 cm³/mol. The van der Waals surface area contributed by atoms with Crippen LogP contribution in [-0.4, -0.2) is 246 Å². The number of aliphatic carboxylic acids is 2. The number of carbonyl (C=O) groups is 17. The SMILES string of the molecule is CC[C@H](C)[C@H](NC(=O)[C@H](CC(=O)O)NC(=O)[C@H](CO)NC(=O)CCNC(=S)Nc1ccc(-c2c3ccc(=O)cc-3oc3cc(O)ccc23)c(C(=O)O)c1)C(=O)N[C@@H](CSCc1ccccc1)C(=O)N[C@@H](CC(=O)O)C(=O)N[C@@H](Cc1ccccc1)C(=O)N[C@H](C(=O)N[C@@H](CC(C)C)C(=O)N[C@@H](CCCCN)C(=O)N[C@@H](CC(N)=O)C(=O)N[C@@H](Cc1ccc(O)cc1)C(=O)N1CCC[C@H]1C(N)=O)C(C)C. The van der Waals surface area contributed by atoms with Crippen molar-refractivity contribution in [2.24, 2.45) is 35.0 Å². The van der Waals surface area contributed by atoms with Crippen LogP contribution in [0.2, 0.25) is 0 Å². The largest absolute Gasteiger partial charge is 0.508 e. The number of phenolic OH excluding ortho intramolecular Hbond substituents is 2. The number of carbonyl (C=O) groups excluding carboxylic acids is 14. The molecule has 5 aromatic rings. The van der Waals surface area contributed by atoms with Gasteiger partial charge in [-0.1, -0.05) is 127 Å². The standard InChI is InChI=1S/C95H119N17O25S2/c1-7-51(6)81(111-88(129)68(45-78(121)122)105-89(130)70(46-113)101-76(118)33-35-99-95(138)100-55-25-30-59(62(40-55)94(135)136)79-60-31-28-57(115)41-73(60)137-74-42-58(116)29-32-61(74)79)92(133)109-71(48-139-47-54-19-12-9-13-20-54)90(131)106-67(44-77(119)120)86(127)103-65(38-52-17-10-8-11-18-52)87(128)110-80(50(4)5)91(132)107-64(37-49(2)3)84(125)102-63(21-14-15-34-96)83(124)104-66(43-75(97)117)85(126)108-69(39-53-23-26-56(114)27-24-53)93(134)112-36-16-22-72(112)82(98)123/h8-13,17-20,23-32,40-42,49-51,63-72,80-81,113-115H,7,14-16,21-22,33-39,43-48,96H2,1-6H3,(H2,97,117)(H2,98,123)(H,101,118)(H,102,125)(H,103,127)(H,104,124)(H,105,130)(H,106,131)(H,107,132)(H,108,126)(H,109,133)(H,110,128)(H,111,129)(H,119,120)(H,121,122)(H,135,136)(H2,99,100,138)/t51-,63-,64-,65-,66-,67-,68-,69-,70-,71-,72-,80-,81-/m0/s1. The molecule has 5 aromatic carbocycles. The van der Waals surface area contributed by atoms with Gasteiger partial charge in [0.25, 0.3) is 0 Å². The van der Waals surface area contributed by atoms with Gasteiger partial charge in [-0.05, 0) is 146 Å². The van der Waals surface area contributed by atoms with E-state index in [4.69, 9.17) is 33.8 Å². The summed E-state index contributed by atoms with van der Waals surface area (Å²) >= 11 is 6.54. The number of rotatable bonds is 53. The number of anilines is 1. The lowest BCUT2D eigenvalue weighted by molar-refractivity contribution is -0.142. The molecular formula is C95H119N17O25S2. The van der Waals surface area contributed by atoms with Gasteiger partial charge < -0.3 is 126 Å². The molecule has 0 bridgehead atoms. The van der Waals surface area contributed by atoms with Crippen LogP contribution >= 0.6 is 24.0 Å². The second-order valence-corrected chi connectivity index (χ2v) is 35.8. The number of unbranched alkanes of at least 4 members (excludes halogenated alkanes) is 1. The summed E-state index contributed by atoms with van der Waals surface area (Å²) in [5.74, 6) is -21.3. The molecule has 14 amide bonds. The number of likely N-dealkylation sites (tertiary alicyclic amines) is 1. The lowest BCUT2D eigenvalue weighted by Gasteiger charge is -2.30. The number of amides is 14. The number of carboxylic acids is 3. The Morgan fingerprint density at radius 3 is 1.64 bits per heavy atom. The molecule has 8 rings (SSSR count). The van der Waals surface area contributed by atoms with Crippen molar-refractivity contribution in [2.75, 3.05) is 37.3 Å². The maximum atomic E-state index is 15.0. The number of fused-ring (bicyclic) bond motifs is 2. The zero-order chi connectivity index (χ0) is 102. The molecule has 1 aliphatic carbocycles. The second-order valence-electron chi connectivity index (χ2n) is 34.3. The predicted octanol–water partition coefficient (Wildman–Crippen LogP) is 1.27. The summed E-state index contributed by atoms with van der Waals surface area (Å²) in [7, 11) is 0. The normalized spacial score (nSPS) is 14.9. The van der Waals surface area contributed by atoms with Crippen molar-refractivity contribution in [1.29, 1.82) is 0 Å². The highest BCUT2D eigenvalue weighted by atomic mass is 32.2. The number of hydrogen-bond acceptors (Lipinski definition) is 25. The Morgan fingerprint density at radius 2 is 1.05 bits per heavy atom. The average molecular weight is 1960 g/mol. The minimum Gasteiger partial charge on any atom is -0.508 e. The van der Waals surface area contributed by atoms with E-state index in [1.165, 1.54) is 90.7 Å². The van der Waals surface area contributed by atoms with Gasteiger partial charge in [0.2, 0.25) is 82.7 Å². The fraction of sp³-hybridized carbons (Fsp3) is 0.421. The number of thioether (sulfide) groups is 1. The first-order valence-corrected chi connectivity index (χ1v) is 46.6. The van der Waals surface area contributed by atoms with E-state index in [-0.39, 0.29) is 132 Å². The van der Waals surface area contributed by atoms with Crippen molar-refractivity contribution in [3.8, 4) is 33.9 Å². The van der Waals surface area contributed by atoms with Gasteiger partial charge in [0.15, 0.2) is 10.5 Å². The minimum atomic E-state index is -2.05. The Hall–Kier alpha value is -14.7. The Morgan fingerprint density at radius 1 is 0.532 bits per heavy atom. The highest BCUT2D eigenvalue weighted by Crippen LogP contribution is 2.43. The number of nitrogens with one attached hydrogen (secondary N) is 13. The summed E-state index contributed by atoms with van der Waals surface area (Å²) in [6.07, 6.45) is -2.95. The number of hydrogen-bond donors (Lipinski definition) is 22. The number of benzene rings is 6. The molecule has 1 fully saturated rings. The quantitative estimate of drug-likeness (QED) is 0.0145. The number of nitrogens with zero attached hydrogens (tertiary/aromatic N) is 1. The van der Waals surface area contributed by atoms with Crippen molar-refractivity contribution >= 4 is 146 Å². The van der Waals surface area contributed by atoms with Crippen molar-refractivity contribution in [3.05, 3.63) is 172 Å². The number of thiocarbonyl (C=S) groups is 1. The van der Waals surface area contributed by atoms with E-state index in [1.54, 1.807) is 95.3 Å². The number of aromatic hydroxyl groups is 2. The molecule has 42 nitrogen and oxygen atoms in total. The van der Waals surface area contributed by atoms with Crippen molar-refractivity contribution in [2.45, 2.75) is 203 Å². The summed E-state index contributed by atoms with van der Waals surface area (Å²) < 4.78 is 5.91. The van der Waals surface area contributed by atoms with E-state index in [0.717, 1.165) is 17.3 Å². The van der Waals surface area contributed by atoms with Crippen LogP contribution in [-0.2, 0) is 95.3 Å². The molecule has 25 N–H and O–H groups in total. The number of nitrogens with two attached hydrogens (primary N) is 3. The first-order chi connectivity index (χ1) is 66.0. The lowest BCUT2D eigenvalue weighted by atomic mass is 9.90. The third-order valence-corrected chi connectivity index (χ3v) is 24.1. The van der Waals surface area contributed by atoms with Gasteiger partial charge in [-0.25, -0.2) is 4.79 Å². The molecule has 13 atom stereocenters. The first kappa shape index (κ1) is 110. The van der Waals surface area contributed by atoms with Crippen LogP contribution in [0.25, 0.3) is 33.4 Å². The molecule has 0 saturated carbocycles. The van der Waals surface area contributed by atoms with Crippen LogP contribution in [0.3, 0.4) is 0 Å². The van der Waals surface area contributed by atoms with Gasteiger partial charge in [-0.15, -0.1) is 0 Å². The molecule has 0 radical (unpaired) electrons. The monoisotopic (exact) mass is 1960 g/mol. The number of phenols is 2. The van der Waals surface area contributed by atoms with Gasteiger partial charge in [-0.2, -0.15) is 11.8 Å². The second kappa shape index (κ2) is 53.2. The summed E-state index contributed by atoms with van der Waals surface area (Å²) in [4.78, 5) is 251. The molecule has 0 spiro atoms. The lowest BCUT2D eigenvalue weighted by Crippen LogP contribution is -2.62. The number of aliphatic hydroxyl groups excluding tert-OH is 1. The van der Waals surface area contributed by atoms with Crippen LogP contribution in [0.1, 0.15) is 139 Å². The van der Waals surface area contributed by atoms with Crippen molar-refractivity contribution in [3.63, 3.8) is 0 Å². The van der Waals surface area contributed by atoms with Crippen LogP contribution in [0.15, 0.2) is 149 Å². The summed E-state index contributed by atoms with van der Waals surface area (Å²) in [6, 6.07) is 15.4. The maximum absolute atomic E-state index is 15.0. The average Bonchev–Trinajstić information content (AvgIpc) is 1.04. The molecule has 0 unspecified atom stereocenters. The van der Waals surface area contributed by atoms with E-state index < -0.39 is 217 Å². The van der Waals surface area contributed by atoms with E-state index in [2.05, 4.69) is 69.1 Å². The van der Waals surface area contributed by atoms with Gasteiger partial charge in [0.1, 0.15) is 95.3 Å². The van der Waals surface area contributed by atoms with Gasteiger partial charge >= 0.3 is 17.9 Å². The fourth-order valence-electron chi connectivity index (χ4n) is 15.3. The van der Waals surface area contributed by atoms with E-state index in [9.17, 15) is 117 Å². The zero-order valence-electron chi connectivity index (χ0n) is 77.3. The highest BCUT2D eigenvalue weighted by molar-refractivity contribution is 7.98. The highest BCUT2D eigenvalue weighted by Gasteiger charge is 2.42. The van der Waals surface area contributed by atoms with Crippen molar-refractivity contribution in [1.82, 2.24) is 68.7 Å². The van der Waals surface area contributed by atoms with Crippen LogP contribution in [0.5, 0.6) is 11.5 Å². The van der Waals surface area contributed by atoms with Crippen LogP contribution in [0.4, 0.5) is 5.69 Å². The minimum absolute atomic E-state index is 0.0897. The molecule has 0 aromatic heterocycles. The van der Waals surface area contributed by atoms with Gasteiger partial charge in [0, 0.05) is 78.2 Å². The number of carboxylic acid groups (broad SMARTS) is 3. The third kappa shape index (κ3) is 33.4. The Labute approximate surface area is 808 Å². The topological polar surface area (TPSA) is 679 Å². The molecule has 1 saturated heterocycles. The maximum Gasteiger partial charge on any atom is 0.336 e. The Bertz CT molecular complexity index is 5620. The smallest absolute Gasteiger partial charge is 0.336 e. The number of aromatic carboxylic acids is 1. The zero-order valence-corrected chi connectivity index (χ0v) is 78.9. The van der Waals surface area contributed by atoms with Gasteiger partial charge in [-0.3, -0.25) is 81.5 Å². The van der Waals surface area contributed by atoms with Crippen molar-refractivity contribution < 1.29 is 117 Å². The Balaban J connectivity index is 0.938. The van der Waals surface area contributed by atoms with Crippen LogP contribution < -0.4 is 91.7 Å². The molecule has 2 heterocycles. The van der Waals surface area contributed by atoms with Crippen LogP contribution in [0, 0.1) is 17.8 Å². The molecule has 746 valence electrons. The first-order valence-electron chi connectivity index (χ1n) is 45.1. The summed E-state index contributed by atoms with van der Waals surface area (Å²) in [5, 5.41) is 95.0. The Kier molecular flexibility index (Phi) is 41.9. The van der Waals surface area contributed by atoms with E-state index in [1.807, 2.05) is 0 Å². The van der Waals surface area contributed by atoms with E-state index in [0.29, 0.717) is 40.5 Å². The summed E-state index contributed by atoms with van der Waals surface area (Å²) in [5.41, 5.74) is 19.5. The molecule has 44 heteroatoms. The molecule has 3 aliphatic rings.